The Kier molecular flexibility index (Phi) is 3.09. The summed E-state index contributed by atoms with van der Waals surface area (Å²) in [5.74, 6) is 0. The second-order valence-corrected chi connectivity index (χ2v) is 5.49. The van der Waals surface area contributed by atoms with Gasteiger partial charge in [0.05, 0.1) is 5.52 Å². The molecule has 3 heteroatoms. The van der Waals surface area contributed by atoms with Crippen molar-refractivity contribution < 1.29 is 0 Å². The summed E-state index contributed by atoms with van der Waals surface area (Å²) in [6.45, 7) is 0.627. The molecule has 90 valence electrons. The minimum Gasteiger partial charge on any atom is -0.326 e. The Morgan fingerprint density at radius 1 is 1.00 bits per heavy atom. The summed E-state index contributed by atoms with van der Waals surface area (Å²) in [5, 5.41) is 1.24. The van der Waals surface area contributed by atoms with Crippen LogP contribution >= 0.6 is 11.3 Å². The Hall–Kier alpha value is -1.71. The van der Waals surface area contributed by atoms with Crippen LogP contribution in [-0.2, 0) is 13.0 Å². The monoisotopic (exact) mass is 254 g/mol. The van der Waals surface area contributed by atoms with Gasteiger partial charge in [0.2, 0.25) is 0 Å². The Labute approximate surface area is 110 Å². The molecule has 2 heterocycles. The van der Waals surface area contributed by atoms with Crippen LogP contribution in [-0.4, -0.2) is 4.98 Å². The van der Waals surface area contributed by atoms with Crippen molar-refractivity contribution in [3.63, 3.8) is 0 Å². The van der Waals surface area contributed by atoms with Crippen molar-refractivity contribution in [2.24, 2.45) is 5.73 Å². The van der Waals surface area contributed by atoms with Gasteiger partial charge in [-0.3, -0.25) is 4.98 Å². The lowest BCUT2D eigenvalue weighted by Gasteiger charge is -2.04. The molecule has 0 aliphatic carbocycles. The largest absolute Gasteiger partial charge is 0.326 e. The predicted octanol–water partition coefficient (Wildman–Crippen LogP) is 3.35. The van der Waals surface area contributed by atoms with E-state index in [4.69, 9.17) is 5.73 Å². The molecule has 0 bridgehead atoms. The van der Waals surface area contributed by atoms with Gasteiger partial charge in [0.1, 0.15) is 0 Å². The van der Waals surface area contributed by atoms with E-state index in [1.165, 1.54) is 20.7 Å². The zero-order chi connectivity index (χ0) is 12.4. The summed E-state index contributed by atoms with van der Waals surface area (Å²) in [5.41, 5.74) is 8.03. The van der Waals surface area contributed by atoms with Crippen molar-refractivity contribution in [1.82, 2.24) is 4.98 Å². The van der Waals surface area contributed by atoms with E-state index in [1.807, 2.05) is 12.3 Å². The normalized spacial score (nSPS) is 10.9. The highest BCUT2D eigenvalue weighted by molar-refractivity contribution is 7.12. The highest BCUT2D eigenvalue weighted by Gasteiger charge is 2.04. The number of aromatic nitrogens is 1. The first-order valence-corrected chi connectivity index (χ1v) is 6.79. The number of hydrogen-bond donors (Lipinski definition) is 1. The summed E-state index contributed by atoms with van der Waals surface area (Å²) in [6, 6.07) is 14.7. The van der Waals surface area contributed by atoms with E-state index in [0.29, 0.717) is 6.54 Å². The van der Waals surface area contributed by atoms with Crippen LogP contribution in [0.25, 0.3) is 10.9 Å². The summed E-state index contributed by atoms with van der Waals surface area (Å²) >= 11 is 1.79. The lowest BCUT2D eigenvalue weighted by molar-refractivity contribution is 1.11. The van der Waals surface area contributed by atoms with Crippen LogP contribution in [0.2, 0.25) is 0 Å². The zero-order valence-corrected chi connectivity index (χ0v) is 10.8. The molecule has 0 unspecified atom stereocenters. The summed E-state index contributed by atoms with van der Waals surface area (Å²) in [7, 11) is 0. The molecule has 18 heavy (non-hydrogen) atoms. The fourth-order valence-electron chi connectivity index (χ4n) is 2.12. The maximum Gasteiger partial charge on any atom is 0.0704 e. The molecular formula is C15H14N2S. The van der Waals surface area contributed by atoms with Gasteiger partial charge in [0.15, 0.2) is 0 Å². The first-order valence-electron chi connectivity index (χ1n) is 5.97. The molecule has 0 radical (unpaired) electrons. The van der Waals surface area contributed by atoms with E-state index in [1.54, 1.807) is 11.3 Å². The maximum absolute atomic E-state index is 5.65. The Balaban J connectivity index is 1.99. The SMILES string of the molecule is NCc1ccc(Cc2ccnc3ccccc23)s1. The van der Waals surface area contributed by atoms with Gasteiger partial charge < -0.3 is 5.73 Å². The number of nitrogens with zero attached hydrogens (tertiary/aromatic N) is 1. The van der Waals surface area contributed by atoms with E-state index in [2.05, 4.69) is 41.4 Å². The van der Waals surface area contributed by atoms with E-state index in [0.717, 1.165) is 11.9 Å². The molecule has 2 aromatic heterocycles. The van der Waals surface area contributed by atoms with Gasteiger partial charge in [-0.15, -0.1) is 11.3 Å². The highest BCUT2D eigenvalue weighted by atomic mass is 32.1. The summed E-state index contributed by atoms with van der Waals surface area (Å²) < 4.78 is 0. The maximum atomic E-state index is 5.65. The van der Waals surface area contributed by atoms with Gasteiger partial charge in [0.25, 0.3) is 0 Å². The summed E-state index contributed by atoms with van der Waals surface area (Å²) in [6.07, 6.45) is 2.84. The van der Waals surface area contributed by atoms with Crippen molar-refractivity contribution in [3.05, 3.63) is 64.0 Å². The standard InChI is InChI=1S/C15H14N2S/c16-10-13-6-5-12(18-13)9-11-7-8-17-15-4-2-1-3-14(11)15/h1-8H,9-10,16H2. The average molecular weight is 254 g/mol. The number of rotatable bonds is 3. The van der Waals surface area contributed by atoms with Gasteiger partial charge in [0, 0.05) is 34.3 Å². The van der Waals surface area contributed by atoms with Crippen molar-refractivity contribution >= 4 is 22.2 Å². The lowest BCUT2D eigenvalue weighted by Crippen LogP contribution is -1.91. The average Bonchev–Trinajstić information content (AvgIpc) is 2.87. The highest BCUT2D eigenvalue weighted by Crippen LogP contribution is 2.23. The van der Waals surface area contributed by atoms with E-state index in [-0.39, 0.29) is 0 Å². The molecule has 0 spiro atoms. The first kappa shape index (κ1) is 11.4. The van der Waals surface area contributed by atoms with Crippen LogP contribution in [0.3, 0.4) is 0 Å². The molecule has 2 nitrogen and oxygen atoms in total. The lowest BCUT2D eigenvalue weighted by atomic mass is 10.1. The van der Waals surface area contributed by atoms with Gasteiger partial charge in [-0.1, -0.05) is 18.2 Å². The minimum absolute atomic E-state index is 0.627. The van der Waals surface area contributed by atoms with E-state index in [9.17, 15) is 0 Å². The van der Waals surface area contributed by atoms with Gasteiger partial charge in [-0.05, 0) is 29.8 Å². The van der Waals surface area contributed by atoms with Crippen molar-refractivity contribution in [2.75, 3.05) is 0 Å². The minimum atomic E-state index is 0.627. The van der Waals surface area contributed by atoms with Crippen LogP contribution < -0.4 is 5.73 Å². The third kappa shape index (κ3) is 2.15. The van der Waals surface area contributed by atoms with Crippen LogP contribution in [0.4, 0.5) is 0 Å². The van der Waals surface area contributed by atoms with Crippen LogP contribution in [0, 0.1) is 0 Å². The summed E-state index contributed by atoms with van der Waals surface area (Å²) in [4.78, 5) is 6.98. The second-order valence-electron chi connectivity index (χ2n) is 4.24. The molecule has 0 aliphatic rings. The Morgan fingerprint density at radius 2 is 1.83 bits per heavy atom. The smallest absolute Gasteiger partial charge is 0.0704 e. The molecule has 3 aromatic rings. The fraction of sp³-hybridized carbons (Fsp3) is 0.133. The van der Waals surface area contributed by atoms with E-state index >= 15 is 0 Å². The Morgan fingerprint density at radius 3 is 2.67 bits per heavy atom. The van der Waals surface area contributed by atoms with Gasteiger partial charge in [-0.25, -0.2) is 0 Å². The van der Waals surface area contributed by atoms with Crippen molar-refractivity contribution in [2.45, 2.75) is 13.0 Å². The molecule has 0 atom stereocenters. The van der Waals surface area contributed by atoms with Crippen molar-refractivity contribution in [3.8, 4) is 0 Å². The molecule has 3 rings (SSSR count). The second kappa shape index (κ2) is 4.88. The molecule has 1 aromatic carbocycles. The third-order valence-corrected chi connectivity index (χ3v) is 4.13. The molecular weight excluding hydrogens is 240 g/mol. The van der Waals surface area contributed by atoms with Crippen LogP contribution in [0.1, 0.15) is 15.3 Å². The number of fused-ring (bicyclic) bond motifs is 1. The molecule has 0 saturated carbocycles. The quantitative estimate of drug-likeness (QED) is 0.778. The van der Waals surface area contributed by atoms with Gasteiger partial charge in [-0.2, -0.15) is 0 Å². The molecule has 0 amide bonds. The van der Waals surface area contributed by atoms with E-state index < -0.39 is 0 Å². The Bertz CT molecular complexity index is 668. The number of benzene rings is 1. The number of nitrogens with two attached hydrogens (primary N) is 1. The molecule has 2 N–H and O–H groups in total. The van der Waals surface area contributed by atoms with Gasteiger partial charge >= 0.3 is 0 Å². The van der Waals surface area contributed by atoms with Crippen LogP contribution in [0.5, 0.6) is 0 Å². The molecule has 0 saturated heterocycles. The molecule has 0 fully saturated rings. The predicted molar refractivity (Wildman–Crippen MR) is 76.8 cm³/mol. The number of thiophene rings is 1. The van der Waals surface area contributed by atoms with Crippen LogP contribution in [0.15, 0.2) is 48.7 Å². The zero-order valence-electron chi connectivity index (χ0n) is 9.97. The van der Waals surface area contributed by atoms with Crippen molar-refractivity contribution in [1.29, 1.82) is 0 Å². The molecule has 0 aliphatic heterocycles. The number of hydrogen-bond acceptors (Lipinski definition) is 3. The third-order valence-electron chi connectivity index (χ3n) is 3.02. The topological polar surface area (TPSA) is 38.9 Å². The number of pyridine rings is 1. The fourth-order valence-corrected chi connectivity index (χ4v) is 3.04. The first-order chi connectivity index (χ1) is 8.86. The number of para-hydroxylation sites is 1.